The second-order valence-electron chi connectivity index (χ2n) is 15.0. The number of hydrogen-bond acceptors (Lipinski definition) is 4. The Kier molecular flexibility index (Phi) is 6.44. The number of carbonyl (C=O) groups excluding carboxylic acids is 3. The average molecular weight is 511 g/mol. The fourth-order valence-electron chi connectivity index (χ4n) is 11.3. The van der Waals surface area contributed by atoms with E-state index in [9.17, 15) is 14.4 Å². The molecule has 4 fully saturated rings. The van der Waals surface area contributed by atoms with Gasteiger partial charge in [-0.05, 0) is 108 Å². The molecule has 4 nitrogen and oxygen atoms in total. The number of esters is 1. The zero-order chi connectivity index (χ0) is 27.1. The van der Waals surface area contributed by atoms with E-state index in [-0.39, 0.29) is 40.0 Å². The lowest BCUT2D eigenvalue weighted by molar-refractivity contribution is -0.220. The maximum atomic E-state index is 13.3. The highest BCUT2D eigenvalue weighted by atomic mass is 16.5. The minimum absolute atomic E-state index is 0.0398. The van der Waals surface area contributed by atoms with E-state index in [0.29, 0.717) is 36.0 Å². The second-order valence-corrected chi connectivity index (χ2v) is 15.0. The maximum Gasteiger partial charge on any atom is 0.302 e. The number of ketones is 1. The molecule has 0 saturated heterocycles. The Morgan fingerprint density at radius 2 is 1.65 bits per heavy atom. The molecule has 206 valence electrons. The molecule has 0 aliphatic heterocycles. The molecule has 0 N–H and O–H groups in total. The van der Waals surface area contributed by atoms with Crippen LogP contribution in [0.4, 0.5) is 0 Å². The predicted octanol–water partition coefficient (Wildman–Crippen LogP) is 7.34. The van der Waals surface area contributed by atoms with Crippen molar-refractivity contribution in [2.24, 2.45) is 57.2 Å². The standard InChI is InChI=1S/C33H50O4/c1-19(2)27-22-11-14-32(8)26(30(22,6)13-12-25(27)37-21(5)35)10-9-23-29-28(20(3)4)24(36)17-33(29,18-34)16-15-31(23,32)7/h18-20,22-23,25-27H,9-17H2,1-8H3/t22-,23+,25?,26?,27?,30-,31+,32+,33-/m0/s1. The molecule has 0 bridgehead atoms. The summed E-state index contributed by atoms with van der Waals surface area (Å²) in [5.41, 5.74) is 2.19. The first-order valence-corrected chi connectivity index (χ1v) is 15.2. The third-order valence-electron chi connectivity index (χ3n) is 13.0. The summed E-state index contributed by atoms with van der Waals surface area (Å²) in [5, 5.41) is 0. The van der Waals surface area contributed by atoms with Crippen LogP contribution in [-0.4, -0.2) is 24.1 Å². The molecule has 5 rings (SSSR count). The Morgan fingerprint density at radius 1 is 0.946 bits per heavy atom. The topological polar surface area (TPSA) is 60.4 Å². The number of fused-ring (bicyclic) bond motifs is 7. The van der Waals surface area contributed by atoms with Crippen LogP contribution in [0.5, 0.6) is 0 Å². The molecule has 5 aliphatic rings. The van der Waals surface area contributed by atoms with Gasteiger partial charge in [-0.3, -0.25) is 9.59 Å². The Hall–Kier alpha value is -1.45. The van der Waals surface area contributed by atoms with E-state index in [1.54, 1.807) is 6.92 Å². The molecule has 5 aliphatic carbocycles. The third kappa shape index (κ3) is 3.55. The van der Waals surface area contributed by atoms with Crippen LogP contribution in [0.3, 0.4) is 0 Å². The summed E-state index contributed by atoms with van der Waals surface area (Å²) in [5.74, 6) is 2.67. The number of rotatable bonds is 4. The summed E-state index contributed by atoms with van der Waals surface area (Å²) in [7, 11) is 0. The first kappa shape index (κ1) is 27.1. The van der Waals surface area contributed by atoms with Gasteiger partial charge >= 0.3 is 5.97 Å². The second kappa shape index (κ2) is 8.78. The molecule has 0 amide bonds. The highest BCUT2D eigenvalue weighted by molar-refractivity contribution is 6.03. The summed E-state index contributed by atoms with van der Waals surface area (Å²) < 4.78 is 5.93. The molecule has 4 heteroatoms. The quantitative estimate of drug-likeness (QED) is 0.293. The number of ether oxygens (including phenoxy) is 1. The van der Waals surface area contributed by atoms with Crippen LogP contribution >= 0.6 is 0 Å². The van der Waals surface area contributed by atoms with Crippen molar-refractivity contribution in [1.29, 1.82) is 0 Å². The van der Waals surface area contributed by atoms with Gasteiger partial charge in [0.1, 0.15) is 12.4 Å². The minimum atomic E-state index is -0.546. The van der Waals surface area contributed by atoms with E-state index in [1.807, 2.05) is 0 Å². The molecular formula is C33H50O4. The number of carbonyl (C=O) groups is 3. The maximum absolute atomic E-state index is 13.3. The van der Waals surface area contributed by atoms with E-state index >= 15 is 0 Å². The van der Waals surface area contributed by atoms with Crippen LogP contribution in [0.2, 0.25) is 0 Å². The van der Waals surface area contributed by atoms with Crippen LogP contribution < -0.4 is 0 Å². The first-order chi connectivity index (χ1) is 17.3. The van der Waals surface area contributed by atoms with Gasteiger partial charge in [0, 0.05) is 19.3 Å². The third-order valence-corrected chi connectivity index (χ3v) is 13.0. The van der Waals surface area contributed by atoms with E-state index in [2.05, 4.69) is 48.5 Å². The molecule has 4 saturated carbocycles. The molecule has 0 heterocycles. The summed E-state index contributed by atoms with van der Waals surface area (Å²) in [6.07, 6.45) is 10.2. The van der Waals surface area contributed by atoms with Crippen molar-refractivity contribution in [2.75, 3.05) is 0 Å². The normalized spacial score (nSPS) is 47.3. The van der Waals surface area contributed by atoms with E-state index in [1.165, 1.54) is 24.8 Å². The highest BCUT2D eigenvalue weighted by Crippen LogP contribution is 2.75. The Labute approximate surface area is 224 Å². The van der Waals surface area contributed by atoms with Crippen molar-refractivity contribution < 1.29 is 19.1 Å². The fourth-order valence-corrected chi connectivity index (χ4v) is 11.3. The number of aldehydes is 1. The van der Waals surface area contributed by atoms with Gasteiger partial charge in [0.25, 0.3) is 0 Å². The zero-order valence-corrected chi connectivity index (χ0v) is 24.6. The summed E-state index contributed by atoms with van der Waals surface area (Å²) >= 11 is 0. The smallest absolute Gasteiger partial charge is 0.302 e. The Morgan fingerprint density at radius 3 is 2.24 bits per heavy atom. The van der Waals surface area contributed by atoms with Gasteiger partial charge in [-0.15, -0.1) is 0 Å². The molecule has 0 aromatic heterocycles. The van der Waals surface area contributed by atoms with Gasteiger partial charge in [0.2, 0.25) is 0 Å². The van der Waals surface area contributed by atoms with Gasteiger partial charge in [-0.2, -0.15) is 0 Å². The van der Waals surface area contributed by atoms with Crippen LogP contribution in [0.1, 0.15) is 113 Å². The van der Waals surface area contributed by atoms with Gasteiger partial charge in [0.05, 0.1) is 5.41 Å². The van der Waals surface area contributed by atoms with E-state index in [0.717, 1.165) is 44.0 Å². The lowest BCUT2D eigenvalue weighted by Gasteiger charge is -2.71. The fraction of sp³-hybridized carbons (Fsp3) is 0.848. The molecule has 0 spiro atoms. The Balaban J connectivity index is 1.55. The molecule has 0 aromatic rings. The van der Waals surface area contributed by atoms with Crippen LogP contribution in [0.15, 0.2) is 11.1 Å². The lowest BCUT2D eigenvalue weighted by Crippen LogP contribution is -2.64. The molecular weight excluding hydrogens is 460 g/mol. The molecule has 3 unspecified atom stereocenters. The number of allylic oxidation sites excluding steroid dienone is 2. The van der Waals surface area contributed by atoms with Crippen LogP contribution in [-0.2, 0) is 19.1 Å². The minimum Gasteiger partial charge on any atom is -0.462 e. The largest absolute Gasteiger partial charge is 0.462 e. The van der Waals surface area contributed by atoms with Crippen molar-refractivity contribution >= 4 is 18.0 Å². The van der Waals surface area contributed by atoms with Crippen LogP contribution in [0.25, 0.3) is 0 Å². The SMILES string of the molecule is CC(=O)OC1CC[C@]2(C)C3CC[C@@H]4C5=C(C(C)C)C(=O)C[C@]5(C=O)CC[C@@]4(C)[C@]3(C)CC[C@H]2C1C(C)C. The molecule has 37 heavy (non-hydrogen) atoms. The van der Waals surface area contributed by atoms with Gasteiger partial charge in [0.15, 0.2) is 5.78 Å². The summed E-state index contributed by atoms with van der Waals surface area (Å²) in [6.45, 7) is 18.1. The highest BCUT2D eigenvalue weighted by Gasteiger charge is 2.69. The summed E-state index contributed by atoms with van der Waals surface area (Å²) in [4.78, 5) is 37.9. The van der Waals surface area contributed by atoms with Gasteiger partial charge in [-0.1, -0.05) is 48.5 Å². The average Bonchev–Trinajstić information content (AvgIpc) is 3.12. The molecule has 0 aromatic carbocycles. The molecule has 0 radical (unpaired) electrons. The van der Waals surface area contributed by atoms with Crippen molar-refractivity contribution in [3.05, 3.63) is 11.1 Å². The van der Waals surface area contributed by atoms with E-state index < -0.39 is 5.41 Å². The van der Waals surface area contributed by atoms with Crippen molar-refractivity contribution in [3.8, 4) is 0 Å². The predicted molar refractivity (Wildman–Crippen MR) is 146 cm³/mol. The van der Waals surface area contributed by atoms with Crippen LogP contribution in [0, 0.1) is 57.2 Å². The van der Waals surface area contributed by atoms with Gasteiger partial charge in [-0.25, -0.2) is 0 Å². The first-order valence-electron chi connectivity index (χ1n) is 15.2. The zero-order valence-electron chi connectivity index (χ0n) is 24.6. The van der Waals surface area contributed by atoms with Gasteiger partial charge < -0.3 is 9.53 Å². The lowest BCUT2D eigenvalue weighted by atomic mass is 9.33. The van der Waals surface area contributed by atoms with E-state index in [4.69, 9.17) is 4.74 Å². The van der Waals surface area contributed by atoms with Crippen molar-refractivity contribution in [1.82, 2.24) is 0 Å². The molecule has 9 atom stereocenters. The van der Waals surface area contributed by atoms with Crippen molar-refractivity contribution in [3.63, 3.8) is 0 Å². The number of hydrogen-bond donors (Lipinski definition) is 0. The number of Topliss-reactive ketones (excluding diaryl/α,β-unsaturated/α-hetero) is 1. The monoisotopic (exact) mass is 510 g/mol. The summed E-state index contributed by atoms with van der Waals surface area (Å²) in [6, 6.07) is 0. The Bertz CT molecular complexity index is 1020. The van der Waals surface area contributed by atoms with Crippen molar-refractivity contribution in [2.45, 2.75) is 119 Å².